The highest BCUT2D eigenvalue weighted by Gasteiger charge is 2.32. The van der Waals surface area contributed by atoms with E-state index in [9.17, 15) is 0 Å². The average molecular weight is 327 g/mol. The lowest BCUT2D eigenvalue weighted by atomic mass is 10.4. The first kappa shape index (κ1) is 19.6. The standard InChI is InChI=1S/C12H30O4SSi2/c1-7-9-11(18(13-3)14-4)17-12(10-8-2)19(15-5)16-6/h11-12,18-19H,7-10H2,1-6H3. The molecule has 7 heteroatoms. The lowest BCUT2D eigenvalue weighted by molar-refractivity contribution is 0.271. The predicted molar refractivity (Wildman–Crippen MR) is 87.3 cm³/mol. The Balaban J connectivity index is 4.71. The Morgan fingerprint density at radius 3 is 1.26 bits per heavy atom. The first-order chi connectivity index (χ1) is 9.18. The minimum absolute atomic E-state index is 0.469. The topological polar surface area (TPSA) is 36.9 Å². The van der Waals surface area contributed by atoms with Crippen LogP contribution >= 0.6 is 11.8 Å². The van der Waals surface area contributed by atoms with Crippen LogP contribution in [0, 0.1) is 0 Å². The van der Waals surface area contributed by atoms with Crippen LogP contribution in [-0.2, 0) is 17.7 Å². The molecule has 0 bridgehead atoms. The highest BCUT2D eigenvalue weighted by molar-refractivity contribution is 8.03. The van der Waals surface area contributed by atoms with Crippen LogP contribution in [0.15, 0.2) is 0 Å². The molecule has 0 aliphatic heterocycles. The van der Waals surface area contributed by atoms with Crippen molar-refractivity contribution in [2.45, 2.75) is 49.3 Å². The van der Waals surface area contributed by atoms with Crippen molar-refractivity contribution >= 4 is 30.3 Å². The Morgan fingerprint density at radius 2 is 1.05 bits per heavy atom. The van der Waals surface area contributed by atoms with Crippen molar-refractivity contribution < 1.29 is 17.7 Å². The minimum atomic E-state index is -1.60. The van der Waals surface area contributed by atoms with Crippen LogP contribution in [0.5, 0.6) is 0 Å². The van der Waals surface area contributed by atoms with E-state index >= 15 is 0 Å². The smallest absolute Gasteiger partial charge is 0.334 e. The van der Waals surface area contributed by atoms with E-state index in [1.165, 1.54) is 0 Å². The second-order valence-electron chi connectivity index (χ2n) is 4.47. The van der Waals surface area contributed by atoms with Crippen LogP contribution in [0.25, 0.3) is 0 Å². The summed E-state index contributed by atoms with van der Waals surface area (Å²) in [5, 5.41) is 0. The minimum Gasteiger partial charge on any atom is -0.399 e. The second kappa shape index (κ2) is 12.4. The summed E-state index contributed by atoms with van der Waals surface area (Å²) >= 11 is 1.98. The summed E-state index contributed by atoms with van der Waals surface area (Å²) in [6.07, 6.45) is 4.58. The van der Waals surface area contributed by atoms with Gasteiger partial charge < -0.3 is 17.7 Å². The predicted octanol–water partition coefficient (Wildman–Crippen LogP) is 2.16. The van der Waals surface area contributed by atoms with Crippen molar-refractivity contribution in [3.63, 3.8) is 0 Å². The number of thioether (sulfide) groups is 1. The van der Waals surface area contributed by atoms with Gasteiger partial charge in [0, 0.05) is 38.2 Å². The molecule has 0 aromatic rings. The van der Waals surface area contributed by atoms with E-state index in [-0.39, 0.29) is 0 Å². The zero-order valence-electron chi connectivity index (χ0n) is 13.2. The molecule has 0 saturated carbocycles. The van der Waals surface area contributed by atoms with Crippen LogP contribution < -0.4 is 0 Å². The zero-order valence-corrected chi connectivity index (χ0v) is 16.3. The van der Waals surface area contributed by atoms with Gasteiger partial charge in [-0.1, -0.05) is 26.7 Å². The molecule has 2 unspecified atom stereocenters. The SMILES string of the molecule is CCCC(SC(CCC)[SiH](OC)OC)[SiH](OC)OC. The van der Waals surface area contributed by atoms with Gasteiger partial charge in [-0.15, -0.1) is 0 Å². The molecule has 0 spiro atoms. The summed E-state index contributed by atoms with van der Waals surface area (Å²) in [4.78, 5) is 0.939. The fourth-order valence-corrected chi connectivity index (χ4v) is 10.2. The third-order valence-corrected chi connectivity index (χ3v) is 10.2. The molecule has 0 N–H and O–H groups in total. The lowest BCUT2D eigenvalue weighted by Crippen LogP contribution is -2.40. The molecule has 19 heavy (non-hydrogen) atoms. The van der Waals surface area contributed by atoms with Gasteiger partial charge >= 0.3 is 18.6 Å². The molecule has 4 nitrogen and oxygen atoms in total. The molecular weight excluding hydrogens is 296 g/mol. The third kappa shape index (κ3) is 7.26. The van der Waals surface area contributed by atoms with Crippen LogP contribution in [-0.4, -0.2) is 56.8 Å². The Hall–Kier alpha value is 0.624. The normalized spacial score (nSPS) is 15.2. The molecule has 0 radical (unpaired) electrons. The van der Waals surface area contributed by atoms with Gasteiger partial charge in [0.15, 0.2) is 0 Å². The highest BCUT2D eigenvalue weighted by atomic mass is 32.2. The molecule has 0 fully saturated rings. The summed E-state index contributed by atoms with van der Waals surface area (Å²) in [6, 6.07) is 0. The molecule has 0 aromatic carbocycles. The fraction of sp³-hybridized carbons (Fsp3) is 1.00. The summed E-state index contributed by atoms with van der Waals surface area (Å²) in [7, 11) is 3.87. The summed E-state index contributed by atoms with van der Waals surface area (Å²) in [5.74, 6) is 0. The average Bonchev–Trinajstić information content (AvgIpc) is 2.41. The van der Waals surface area contributed by atoms with Crippen molar-refractivity contribution in [3.8, 4) is 0 Å². The highest BCUT2D eigenvalue weighted by Crippen LogP contribution is 2.29. The Bertz CT molecular complexity index is 184. The maximum atomic E-state index is 5.57. The maximum Gasteiger partial charge on any atom is 0.334 e. The molecule has 2 atom stereocenters. The number of hydrogen-bond donors (Lipinski definition) is 0. The zero-order chi connectivity index (χ0) is 14.7. The number of hydrogen-bond acceptors (Lipinski definition) is 5. The Labute approximate surface area is 126 Å². The van der Waals surface area contributed by atoms with Gasteiger partial charge in [-0.2, -0.15) is 11.8 Å². The van der Waals surface area contributed by atoms with Crippen molar-refractivity contribution in [3.05, 3.63) is 0 Å². The molecule has 0 aliphatic rings. The number of rotatable bonds is 12. The molecule has 0 heterocycles. The quantitative estimate of drug-likeness (QED) is 0.514. The van der Waals surface area contributed by atoms with E-state index in [4.69, 9.17) is 17.7 Å². The van der Waals surface area contributed by atoms with E-state index < -0.39 is 18.6 Å². The van der Waals surface area contributed by atoms with Crippen LogP contribution in [0.2, 0.25) is 0 Å². The monoisotopic (exact) mass is 326 g/mol. The molecule has 0 amide bonds. The van der Waals surface area contributed by atoms with Gasteiger partial charge in [0.1, 0.15) is 0 Å². The lowest BCUT2D eigenvalue weighted by Gasteiger charge is -2.29. The molecule has 0 saturated heterocycles. The molecule has 0 aromatic heterocycles. The summed E-state index contributed by atoms with van der Waals surface area (Å²) in [5.41, 5.74) is 0. The maximum absolute atomic E-state index is 5.57. The van der Waals surface area contributed by atoms with Gasteiger partial charge in [-0.25, -0.2) is 0 Å². The van der Waals surface area contributed by atoms with E-state index in [1.54, 1.807) is 28.4 Å². The van der Waals surface area contributed by atoms with Gasteiger partial charge in [-0.3, -0.25) is 0 Å². The third-order valence-electron chi connectivity index (χ3n) is 3.03. The molecule has 0 aliphatic carbocycles. The first-order valence-electron chi connectivity index (χ1n) is 6.94. The van der Waals surface area contributed by atoms with Gasteiger partial charge in [0.05, 0.1) is 0 Å². The van der Waals surface area contributed by atoms with Crippen LogP contribution in [0.4, 0.5) is 0 Å². The van der Waals surface area contributed by atoms with E-state index in [0.29, 0.717) is 9.75 Å². The Kier molecular flexibility index (Phi) is 12.8. The van der Waals surface area contributed by atoms with Crippen LogP contribution in [0.3, 0.4) is 0 Å². The fourth-order valence-electron chi connectivity index (χ4n) is 2.13. The van der Waals surface area contributed by atoms with E-state index in [2.05, 4.69) is 13.8 Å². The van der Waals surface area contributed by atoms with Crippen molar-refractivity contribution in [1.82, 2.24) is 0 Å². The first-order valence-corrected chi connectivity index (χ1v) is 11.1. The van der Waals surface area contributed by atoms with E-state index in [0.717, 1.165) is 25.7 Å². The largest absolute Gasteiger partial charge is 0.399 e. The second-order valence-corrected chi connectivity index (χ2v) is 11.9. The van der Waals surface area contributed by atoms with Gasteiger partial charge in [0.25, 0.3) is 0 Å². The van der Waals surface area contributed by atoms with Crippen molar-refractivity contribution in [2.24, 2.45) is 0 Å². The van der Waals surface area contributed by atoms with Gasteiger partial charge in [-0.05, 0) is 12.8 Å². The Morgan fingerprint density at radius 1 is 0.737 bits per heavy atom. The summed E-state index contributed by atoms with van der Waals surface area (Å²) < 4.78 is 22.3. The van der Waals surface area contributed by atoms with Crippen molar-refractivity contribution in [2.75, 3.05) is 28.4 Å². The molecule has 116 valence electrons. The molecular formula is C12H30O4SSi2. The van der Waals surface area contributed by atoms with E-state index in [1.807, 2.05) is 11.8 Å². The van der Waals surface area contributed by atoms with Crippen LogP contribution in [0.1, 0.15) is 39.5 Å². The van der Waals surface area contributed by atoms with Gasteiger partial charge in [0.2, 0.25) is 0 Å². The molecule has 0 rings (SSSR count). The summed E-state index contributed by atoms with van der Waals surface area (Å²) in [6.45, 7) is 4.42. The van der Waals surface area contributed by atoms with Crippen molar-refractivity contribution in [1.29, 1.82) is 0 Å².